The molecular formula is C15H23Br2Cl. The van der Waals surface area contributed by atoms with E-state index in [0.717, 1.165) is 19.3 Å². The molecule has 104 valence electrons. The molecule has 2 rings (SSSR count). The Morgan fingerprint density at radius 1 is 1.17 bits per heavy atom. The first-order valence-corrected chi connectivity index (χ1v) is 9.00. The van der Waals surface area contributed by atoms with E-state index in [1.54, 1.807) is 0 Å². The van der Waals surface area contributed by atoms with Crippen molar-refractivity contribution in [2.24, 2.45) is 10.8 Å². The minimum absolute atomic E-state index is 0.110. The first-order valence-electron chi connectivity index (χ1n) is 6.79. The fourth-order valence-corrected chi connectivity index (χ4v) is 5.42. The lowest BCUT2D eigenvalue weighted by Gasteiger charge is -2.59. The van der Waals surface area contributed by atoms with E-state index in [4.69, 9.17) is 11.6 Å². The van der Waals surface area contributed by atoms with Gasteiger partial charge in [-0.25, -0.2) is 0 Å². The molecule has 18 heavy (non-hydrogen) atoms. The SMILES string of the molecule is C=C1CC[C@H](Br)C(C)(C)[C@]12CC[C@](C)(Cl)[C@@H](Br)C2. The van der Waals surface area contributed by atoms with Crippen LogP contribution in [0.3, 0.4) is 0 Å². The summed E-state index contributed by atoms with van der Waals surface area (Å²) < 4.78 is 0. The number of hydrogen-bond donors (Lipinski definition) is 0. The Kier molecular flexibility index (Phi) is 4.08. The fraction of sp³-hybridized carbons (Fsp3) is 0.867. The van der Waals surface area contributed by atoms with Gasteiger partial charge in [0.05, 0.1) is 4.87 Å². The maximum Gasteiger partial charge on any atom is 0.0544 e. The first kappa shape index (κ1) is 15.4. The first-order chi connectivity index (χ1) is 8.13. The molecule has 0 aromatic heterocycles. The van der Waals surface area contributed by atoms with Crippen LogP contribution in [0.5, 0.6) is 0 Å². The molecule has 0 N–H and O–H groups in total. The van der Waals surface area contributed by atoms with Crippen LogP contribution in [0, 0.1) is 10.8 Å². The average molecular weight is 399 g/mol. The summed E-state index contributed by atoms with van der Waals surface area (Å²) >= 11 is 14.4. The highest BCUT2D eigenvalue weighted by atomic mass is 79.9. The number of hydrogen-bond acceptors (Lipinski definition) is 0. The van der Waals surface area contributed by atoms with E-state index in [0.29, 0.717) is 9.65 Å². The van der Waals surface area contributed by atoms with Gasteiger partial charge in [-0.05, 0) is 49.9 Å². The highest BCUT2D eigenvalue weighted by molar-refractivity contribution is 9.09. The molecule has 0 radical (unpaired) electrons. The van der Waals surface area contributed by atoms with Gasteiger partial charge in [0.2, 0.25) is 0 Å². The van der Waals surface area contributed by atoms with Crippen LogP contribution < -0.4 is 0 Å². The van der Waals surface area contributed by atoms with E-state index in [-0.39, 0.29) is 15.7 Å². The van der Waals surface area contributed by atoms with Gasteiger partial charge in [0.25, 0.3) is 0 Å². The molecule has 3 heteroatoms. The minimum atomic E-state index is -0.110. The van der Waals surface area contributed by atoms with Gasteiger partial charge in [-0.15, -0.1) is 11.6 Å². The minimum Gasteiger partial charge on any atom is -0.118 e. The van der Waals surface area contributed by atoms with Crippen molar-refractivity contribution in [3.63, 3.8) is 0 Å². The second-order valence-electron chi connectivity index (χ2n) is 6.86. The summed E-state index contributed by atoms with van der Waals surface area (Å²) in [6.45, 7) is 11.4. The van der Waals surface area contributed by atoms with Gasteiger partial charge < -0.3 is 0 Å². The molecule has 0 saturated heterocycles. The molecule has 2 fully saturated rings. The summed E-state index contributed by atoms with van der Waals surface area (Å²) in [5.74, 6) is 0. The van der Waals surface area contributed by atoms with Crippen LogP contribution in [0.25, 0.3) is 0 Å². The number of rotatable bonds is 0. The second-order valence-corrected chi connectivity index (χ2v) is 9.94. The lowest BCUT2D eigenvalue weighted by atomic mass is 9.50. The third-order valence-electron chi connectivity index (χ3n) is 5.61. The zero-order valence-corrected chi connectivity index (χ0v) is 15.5. The molecule has 2 saturated carbocycles. The molecule has 0 nitrogen and oxygen atoms in total. The van der Waals surface area contributed by atoms with Crippen molar-refractivity contribution in [1.29, 1.82) is 0 Å². The van der Waals surface area contributed by atoms with E-state index in [9.17, 15) is 0 Å². The molecule has 0 heterocycles. The smallest absolute Gasteiger partial charge is 0.0544 e. The quantitative estimate of drug-likeness (QED) is 0.344. The van der Waals surface area contributed by atoms with Gasteiger partial charge in [0.1, 0.15) is 0 Å². The van der Waals surface area contributed by atoms with Crippen LogP contribution in [0.15, 0.2) is 12.2 Å². The molecule has 0 aliphatic heterocycles. The Bertz CT molecular complexity index is 362. The fourth-order valence-electron chi connectivity index (χ4n) is 3.80. The molecule has 0 aromatic carbocycles. The van der Waals surface area contributed by atoms with Crippen LogP contribution in [0.1, 0.15) is 52.9 Å². The Labute approximate surface area is 133 Å². The highest BCUT2D eigenvalue weighted by Gasteiger charge is 2.57. The van der Waals surface area contributed by atoms with Crippen molar-refractivity contribution in [3.8, 4) is 0 Å². The summed E-state index contributed by atoms with van der Waals surface area (Å²) in [4.78, 5) is 0.838. The van der Waals surface area contributed by atoms with Gasteiger partial charge in [0, 0.05) is 9.65 Å². The molecule has 2 aliphatic rings. The van der Waals surface area contributed by atoms with Crippen molar-refractivity contribution in [3.05, 3.63) is 12.2 Å². The number of allylic oxidation sites excluding steroid dienone is 1. The molecule has 0 bridgehead atoms. The Morgan fingerprint density at radius 2 is 1.78 bits per heavy atom. The summed E-state index contributed by atoms with van der Waals surface area (Å²) in [6, 6.07) is 0. The lowest BCUT2D eigenvalue weighted by molar-refractivity contribution is 0.0343. The monoisotopic (exact) mass is 396 g/mol. The molecule has 0 aromatic rings. The van der Waals surface area contributed by atoms with Crippen molar-refractivity contribution in [2.75, 3.05) is 0 Å². The maximum absolute atomic E-state index is 6.61. The van der Waals surface area contributed by atoms with Crippen LogP contribution in [0.4, 0.5) is 0 Å². The van der Waals surface area contributed by atoms with Gasteiger partial charge in [-0.2, -0.15) is 0 Å². The van der Waals surface area contributed by atoms with E-state index in [2.05, 4.69) is 59.2 Å². The van der Waals surface area contributed by atoms with Crippen molar-refractivity contribution in [2.45, 2.75) is 67.4 Å². The predicted octanol–water partition coefficient (Wildman–Crippen LogP) is 6.06. The summed E-state index contributed by atoms with van der Waals surface area (Å²) in [5.41, 5.74) is 1.93. The van der Waals surface area contributed by atoms with Gasteiger partial charge in [-0.1, -0.05) is 57.9 Å². The molecule has 0 unspecified atom stereocenters. The van der Waals surface area contributed by atoms with Gasteiger partial charge in [0.15, 0.2) is 0 Å². The molecular weight excluding hydrogens is 375 g/mol. The zero-order chi connectivity index (χ0) is 13.8. The summed E-state index contributed by atoms with van der Waals surface area (Å²) in [6.07, 6.45) is 5.70. The predicted molar refractivity (Wildman–Crippen MR) is 88.1 cm³/mol. The highest BCUT2D eigenvalue weighted by Crippen LogP contribution is 2.64. The van der Waals surface area contributed by atoms with E-state index in [1.165, 1.54) is 18.4 Å². The second kappa shape index (κ2) is 4.77. The van der Waals surface area contributed by atoms with Gasteiger partial charge in [-0.3, -0.25) is 0 Å². The number of alkyl halides is 3. The van der Waals surface area contributed by atoms with Crippen LogP contribution in [-0.4, -0.2) is 14.5 Å². The Hall–Kier alpha value is 0.990. The normalized spacial score (nSPS) is 48.4. The zero-order valence-electron chi connectivity index (χ0n) is 11.5. The van der Waals surface area contributed by atoms with Gasteiger partial charge >= 0.3 is 0 Å². The third-order valence-corrected chi connectivity index (χ3v) is 9.27. The molecule has 4 atom stereocenters. The van der Waals surface area contributed by atoms with Crippen LogP contribution in [-0.2, 0) is 0 Å². The van der Waals surface area contributed by atoms with Crippen LogP contribution >= 0.6 is 43.5 Å². The summed E-state index contributed by atoms with van der Waals surface area (Å²) in [5, 5.41) is 0. The Balaban J connectivity index is 2.37. The average Bonchev–Trinajstić information content (AvgIpc) is 2.27. The molecule has 2 aliphatic carbocycles. The van der Waals surface area contributed by atoms with Crippen molar-refractivity contribution < 1.29 is 0 Å². The van der Waals surface area contributed by atoms with E-state index < -0.39 is 0 Å². The van der Waals surface area contributed by atoms with Crippen LogP contribution in [0.2, 0.25) is 0 Å². The largest absolute Gasteiger partial charge is 0.118 e. The Morgan fingerprint density at radius 3 is 2.33 bits per heavy atom. The lowest BCUT2D eigenvalue weighted by Crippen LogP contribution is -2.54. The van der Waals surface area contributed by atoms with E-state index >= 15 is 0 Å². The molecule has 1 spiro atoms. The van der Waals surface area contributed by atoms with Crippen molar-refractivity contribution >= 4 is 43.5 Å². The third kappa shape index (κ3) is 2.15. The standard InChI is InChI=1S/C15H23Br2Cl/c1-10-5-6-11(16)13(2,3)15(10)8-7-14(4,18)12(17)9-15/h11-12H,1,5-9H2,2-4H3/t11-,12-,14-,15-/m0/s1. The maximum atomic E-state index is 6.61. The molecule has 0 amide bonds. The summed E-state index contributed by atoms with van der Waals surface area (Å²) in [7, 11) is 0. The topological polar surface area (TPSA) is 0 Å². The van der Waals surface area contributed by atoms with E-state index in [1.807, 2.05) is 0 Å². The number of halogens is 3. The van der Waals surface area contributed by atoms with Crippen molar-refractivity contribution in [1.82, 2.24) is 0 Å².